The Morgan fingerprint density at radius 2 is 1.37 bits per heavy atom. The second-order valence-corrected chi connectivity index (χ2v) is 12.4. The van der Waals surface area contributed by atoms with Crippen molar-refractivity contribution in [2.24, 2.45) is 0 Å². The second-order valence-electron chi connectivity index (χ2n) is 6.54. The zero-order valence-corrected chi connectivity index (χ0v) is 14.2. The van der Waals surface area contributed by atoms with Gasteiger partial charge in [0.2, 0.25) is 0 Å². The molecule has 19 heavy (non-hydrogen) atoms. The van der Waals surface area contributed by atoms with E-state index >= 15 is 0 Å². The molecular formula is C16H27FOSi. The first-order valence-electron chi connectivity index (χ1n) is 7.15. The molecule has 0 aliphatic heterocycles. The Balaban J connectivity index is 3.67. The maximum absolute atomic E-state index is 14.5. The third-order valence-electron chi connectivity index (χ3n) is 4.53. The molecule has 1 aromatic rings. The van der Waals surface area contributed by atoms with Gasteiger partial charge in [0.15, 0.2) is 11.6 Å². The molecule has 0 radical (unpaired) electrons. The third kappa shape index (κ3) is 2.57. The van der Waals surface area contributed by atoms with Crippen LogP contribution in [-0.4, -0.2) is 13.2 Å². The number of aryl methyl sites for hydroxylation is 1. The lowest BCUT2D eigenvalue weighted by molar-refractivity contribution is 0.434. The van der Waals surface area contributed by atoms with E-state index in [2.05, 4.69) is 41.5 Å². The van der Waals surface area contributed by atoms with Crippen LogP contribution in [0.25, 0.3) is 0 Å². The number of hydrogen-bond acceptors (Lipinski definition) is 1. The topological polar surface area (TPSA) is 20.2 Å². The fourth-order valence-electron chi connectivity index (χ4n) is 4.00. The Hall–Kier alpha value is -0.833. The van der Waals surface area contributed by atoms with Gasteiger partial charge in [-0.1, -0.05) is 47.6 Å². The highest BCUT2D eigenvalue weighted by atomic mass is 28.3. The highest BCUT2D eigenvalue weighted by Gasteiger charge is 2.46. The molecule has 0 saturated heterocycles. The molecule has 0 heterocycles. The lowest BCUT2D eigenvalue weighted by Crippen LogP contribution is -2.56. The molecule has 0 atom stereocenters. The summed E-state index contributed by atoms with van der Waals surface area (Å²) in [7, 11) is -2.05. The molecule has 3 heteroatoms. The Labute approximate surface area is 117 Å². The molecule has 0 aromatic heterocycles. The van der Waals surface area contributed by atoms with E-state index in [1.807, 2.05) is 13.0 Å². The zero-order valence-electron chi connectivity index (χ0n) is 13.2. The molecule has 0 spiro atoms. The summed E-state index contributed by atoms with van der Waals surface area (Å²) in [5.74, 6) is -0.595. The van der Waals surface area contributed by atoms with E-state index < -0.39 is 13.9 Å². The van der Waals surface area contributed by atoms with Crippen molar-refractivity contribution in [2.45, 2.75) is 65.1 Å². The van der Waals surface area contributed by atoms with Gasteiger partial charge in [-0.3, -0.25) is 0 Å². The van der Waals surface area contributed by atoms with E-state index in [1.165, 1.54) is 6.07 Å². The van der Waals surface area contributed by atoms with E-state index in [4.69, 9.17) is 0 Å². The molecule has 0 aliphatic carbocycles. The minimum absolute atomic E-state index is 0.200. The zero-order chi connectivity index (χ0) is 15.0. The molecule has 1 rings (SSSR count). The quantitative estimate of drug-likeness (QED) is 0.792. The molecule has 108 valence electrons. The molecule has 0 bridgehead atoms. The van der Waals surface area contributed by atoms with Crippen molar-refractivity contribution in [3.8, 4) is 5.75 Å². The Kier molecular flexibility index (Phi) is 4.83. The number of hydrogen-bond donors (Lipinski definition) is 1. The summed E-state index contributed by atoms with van der Waals surface area (Å²) in [4.78, 5) is 0. The summed E-state index contributed by atoms with van der Waals surface area (Å²) < 4.78 is 14.5. The molecular weight excluding hydrogens is 255 g/mol. The lowest BCUT2D eigenvalue weighted by Gasteiger charge is -2.44. The van der Waals surface area contributed by atoms with E-state index in [1.54, 1.807) is 0 Å². The first-order valence-corrected chi connectivity index (χ1v) is 9.38. The van der Waals surface area contributed by atoms with Gasteiger partial charge in [0, 0.05) is 0 Å². The van der Waals surface area contributed by atoms with Gasteiger partial charge in [0.1, 0.15) is 0 Å². The normalized spacial score (nSPS) is 12.8. The van der Waals surface area contributed by atoms with Crippen molar-refractivity contribution in [2.75, 3.05) is 0 Å². The van der Waals surface area contributed by atoms with Gasteiger partial charge in [0.05, 0.1) is 8.07 Å². The minimum Gasteiger partial charge on any atom is -0.505 e. The molecule has 0 aliphatic rings. The molecule has 0 saturated carbocycles. The number of phenols is 1. The predicted molar refractivity (Wildman–Crippen MR) is 83.5 cm³/mol. The molecule has 1 nitrogen and oxygen atoms in total. The Morgan fingerprint density at radius 3 is 1.74 bits per heavy atom. The standard InChI is InChI=1S/C16H27FOSi/c1-10(2)19(11(3)4,12(5)6)15-9-13(7)8-14(18)16(15)17/h8-12,18H,1-7H3. The van der Waals surface area contributed by atoms with Gasteiger partial charge in [0.25, 0.3) is 0 Å². The Bertz CT molecular complexity index is 431. The van der Waals surface area contributed by atoms with Crippen LogP contribution in [-0.2, 0) is 0 Å². The van der Waals surface area contributed by atoms with Crippen molar-refractivity contribution >= 4 is 13.3 Å². The van der Waals surface area contributed by atoms with Crippen LogP contribution in [0.1, 0.15) is 47.1 Å². The van der Waals surface area contributed by atoms with Gasteiger partial charge < -0.3 is 5.11 Å². The van der Waals surface area contributed by atoms with Gasteiger partial charge in [-0.2, -0.15) is 0 Å². The van der Waals surface area contributed by atoms with Gasteiger partial charge in [-0.05, 0) is 40.4 Å². The van der Waals surface area contributed by atoms with Crippen LogP contribution in [0, 0.1) is 12.7 Å². The number of benzene rings is 1. The van der Waals surface area contributed by atoms with E-state index in [0.29, 0.717) is 16.6 Å². The number of rotatable bonds is 4. The first-order chi connectivity index (χ1) is 8.65. The monoisotopic (exact) mass is 282 g/mol. The summed E-state index contributed by atoms with van der Waals surface area (Å²) in [6.45, 7) is 15.1. The van der Waals surface area contributed by atoms with Crippen molar-refractivity contribution in [1.29, 1.82) is 0 Å². The van der Waals surface area contributed by atoms with E-state index in [9.17, 15) is 9.50 Å². The highest BCUT2D eigenvalue weighted by molar-refractivity contribution is 6.95. The van der Waals surface area contributed by atoms with Crippen molar-refractivity contribution in [3.63, 3.8) is 0 Å². The Morgan fingerprint density at radius 1 is 0.947 bits per heavy atom. The molecule has 0 unspecified atom stereocenters. The van der Waals surface area contributed by atoms with Crippen LogP contribution in [0.2, 0.25) is 16.6 Å². The second kappa shape index (κ2) is 5.66. The molecule has 0 fully saturated rings. The predicted octanol–water partition coefficient (Wildman–Crippen LogP) is 4.73. The SMILES string of the molecule is Cc1cc(O)c(F)c([Si](C(C)C)(C(C)C)C(C)C)c1. The van der Waals surface area contributed by atoms with Crippen LogP contribution in [0.3, 0.4) is 0 Å². The number of phenolic OH excluding ortho intramolecular Hbond substituents is 1. The number of halogens is 1. The maximum Gasteiger partial charge on any atom is 0.164 e. The summed E-state index contributed by atoms with van der Waals surface area (Å²) >= 11 is 0. The largest absolute Gasteiger partial charge is 0.505 e. The van der Waals surface area contributed by atoms with Crippen LogP contribution in [0.15, 0.2) is 12.1 Å². The van der Waals surface area contributed by atoms with Crippen molar-refractivity contribution < 1.29 is 9.50 Å². The summed E-state index contributed by atoms with van der Waals surface area (Å²) in [5.41, 5.74) is 2.24. The van der Waals surface area contributed by atoms with E-state index in [-0.39, 0.29) is 5.75 Å². The van der Waals surface area contributed by atoms with Crippen molar-refractivity contribution in [1.82, 2.24) is 0 Å². The number of aromatic hydroxyl groups is 1. The molecule has 1 aromatic carbocycles. The van der Waals surface area contributed by atoms with Crippen molar-refractivity contribution in [3.05, 3.63) is 23.5 Å². The molecule has 1 N–H and O–H groups in total. The molecule has 0 amide bonds. The summed E-state index contributed by atoms with van der Waals surface area (Å²) in [6, 6.07) is 3.47. The maximum atomic E-state index is 14.5. The fraction of sp³-hybridized carbons (Fsp3) is 0.625. The minimum atomic E-state index is -2.05. The van der Waals surface area contributed by atoms with Crippen LogP contribution >= 0.6 is 0 Å². The average Bonchev–Trinajstić information content (AvgIpc) is 2.23. The summed E-state index contributed by atoms with van der Waals surface area (Å²) in [6.07, 6.45) is 0. The van der Waals surface area contributed by atoms with E-state index in [0.717, 1.165) is 10.8 Å². The highest BCUT2D eigenvalue weighted by Crippen LogP contribution is 2.42. The van der Waals surface area contributed by atoms with Crippen LogP contribution in [0.4, 0.5) is 4.39 Å². The average molecular weight is 282 g/mol. The third-order valence-corrected chi connectivity index (χ3v) is 11.6. The smallest absolute Gasteiger partial charge is 0.164 e. The van der Waals surface area contributed by atoms with Crippen LogP contribution in [0.5, 0.6) is 5.75 Å². The summed E-state index contributed by atoms with van der Waals surface area (Å²) in [5, 5.41) is 10.6. The first kappa shape index (κ1) is 16.2. The van der Waals surface area contributed by atoms with Gasteiger partial charge in [-0.25, -0.2) is 4.39 Å². The van der Waals surface area contributed by atoms with Gasteiger partial charge in [-0.15, -0.1) is 0 Å². The fourth-order valence-corrected chi connectivity index (χ4v) is 10.8. The lowest BCUT2D eigenvalue weighted by atomic mass is 10.2. The van der Waals surface area contributed by atoms with Crippen LogP contribution < -0.4 is 5.19 Å². The van der Waals surface area contributed by atoms with Gasteiger partial charge >= 0.3 is 0 Å².